The molecule has 0 bridgehead atoms. The molecule has 1 aliphatic heterocycles. The zero-order valence-corrected chi connectivity index (χ0v) is 8.41. The first-order chi connectivity index (χ1) is 7.09. The number of thioether (sulfide) groups is 1. The van der Waals surface area contributed by atoms with Gasteiger partial charge >= 0.3 is 0 Å². The fourth-order valence-electron chi connectivity index (χ4n) is 0.943. The lowest BCUT2D eigenvalue weighted by atomic mass is 10.3. The van der Waals surface area contributed by atoms with Crippen LogP contribution in [0.3, 0.4) is 0 Å². The molecule has 0 aromatic carbocycles. The van der Waals surface area contributed by atoms with Gasteiger partial charge < -0.3 is 15.5 Å². The Bertz CT molecular complexity index is 284. The van der Waals surface area contributed by atoms with Crippen molar-refractivity contribution in [3.05, 3.63) is 10.1 Å². The average Bonchev–Trinajstić information content (AvgIpc) is 2.59. The molecule has 1 rings (SSSR count). The van der Waals surface area contributed by atoms with E-state index in [1.54, 1.807) is 0 Å². The molecule has 8 nitrogen and oxygen atoms in total. The van der Waals surface area contributed by atoms with Gasteiger partial charge in [0.2, 0.25) is 5.91 Å². The molecule has 1 heterocycles. The van der Waals surface area contributed by atoms with E-state index in [9.17, 15) is 19.7 Å². The van der Waals surface area contributed by atoms with Crippen LogP contribution in [0, 0.1) is 10.1 Å². The molecule has 0 unspecified atom stereocenters. The summed E-state index contributed by atoms with van der Waals surface area (Å²) in [7, 11) is 0. The van der Waals surface area contributed by atoms with Gasteiger partial charge in [0, 0.05) is 12.3 Å². The Balaban J connectivity index is 2.13. The van der Waals surface area contributed by atoms with Crippen molar-refractivity contribution < 1.29 is 19.5 Å². The van der Waals surface area contributed by atoms with E-state index in [1.807, 2.05) is 0 Å². The summed E-state index contributed by atoms with van der Waals surface area (Å²) < 4.78 is 0. The second-order valence-electron chi connectivity index (χ2n) is 2.64. The molecule has 1 saturated heterocycles. The van der Waals surface area contributed by atoms with Gasteiger partial charge in [-0.15, -0.1) is 10.1 Å². The highest BCUT2D eigenvalue weighted by Gasteiger charge is 2.27. The number of rotatable bonds is 5. The van der Waals surface area contributed by atoms with Crippen molar-refractivity contribution in [2.45, 2.75) is 6.04 Å². The number of hydrogen-bond acceptors (Lipinski definition) is 6. The smallest absolute Gasteiger partial charge is 0.294 e. The largest absolute Gasteiger partial charge is 0.352 e. The van der Waals surface area contributed by atoms with E-state index in [0.29, 0.717) is 5.75 Å². The standard InChI is InChI=1S/C6H9N3O5S/c10-5(4-3-15-6(11)8-4)7-1-2-14-9(12)13/h4H,1-3H2,(H,7,10)(H,8,11)/t4-/m0/s1. The molecule has 2 N–H and O–H groups in total. The number of hydrogen-bond donors (Lipinski definition) is 2. The number of carbonyl (C=O) groups is 2. The zero-order valence-electron chi connectivity index (χ0n) is 7.60. The lowest BCUT2D eigenvalue weighted by Crippen LogP contribution is -2.43. The van der Waals surface area contributed by atoms with E-state index in [0.717, 1.165) is 11.8 Å². The first-order valence-electron chi connectivity index (χ1n) is 4.08. The SMILES string of the molecule is O=C1N[C@H](C(=O)NCCO[N+](=O)[O-])CS1. The van der Waals surface area contributed by atoms with Crippen LogP contribution < -0.4 is 10.6 Å². The maximum Gasteiger partial charge on any atom is 0.294 e. The highest BCUT2D eigenvalue weighted by Crippen LogP contribution is 2.12. The molecule has 0 aromatic rings. The fourth-order valence-corrected chi connectivity index (χ4v) is 1.72. The third-order valence-corrected chi connectivity index (χ3v) is 2.47. The van der Waals surface area contributed by atoms with Gasteiger partial charge in [-0.2, -0.15) is 0 Å². The van der Waals surface area contributed by atoms with Crippen molar-refractivity contribution in [3.63, 3.8) is 0 Å². The van der Waals surface area contributed by atoms with Crippen molar-refractivity contribution in [2.75, 3.05) is 18.9 Å². The molecule has 2 amide bonds. The molecule has 15 heavy (non-hydrogen) atoms. The van der Waals surface area contributed by atoms with Gasteiger partial charge in [0.1, 0.15) is 12.6 Å². The van der Waals surface area contributed by atoms with Crippen LogP contribution >= 0.6 is 11.8 Å². The van der Waals surface area contributed by atoms with Crippen molar-refractivity contribution in [3.8, 4) is 0 Å². The summed E-state index contributed by atoms with van der Waals surface area (Å²) in [4.78, 5) is 35.8. The van der Waals surface area contributed by atoms with Gasteiger partial charge in [0.25, 0.3) is 10.3 Å². The van der Waals surface area contributed by atoms with Gasteiger partial charge in [0.15, 0.2) is 0 Å². The minimum Gasteiger partial charge on any atom is -0.352 e. The molecule has 0 radical (unpaired) electrons. The lowest BCUT2D eigenvalue weighted by Gasteiger charge is -2.09. The average molecular weight is 235 g/mol. The summed E-state index contributed by atoms with van der Waals surface area (Å²) in [5, 5.41) is 13.4. The van der Waals surface area contributed by atoms with Crippen LogP contribution in [0.4, 0.5) is 4.79 Å². The van der Waals surface area contributed by atoms with Gasteiger partial charge in [-0.25, -0.2) is 0 Å². The van der Waals surface area contributed by atoms with Crippen LogP contribution in [0.25, 0.3) is 0 Å². The molecule has 0 spiro atoms. The molecule has 0 aromatic heterocycles. The highest BCUT2D eigenvalue weighted by molar-refractivity contribution is 8.14. The Morgan fingerprint density at radius 1 is 1.80 bits per heavy atom. The molecule has 1 aliphatic rings. The molecule has 1 fully saturated rings. The van der Waals surface area contributed by atoms with Crippen LogP contribution in [0.2, 0.25) is 0 Å². The molecular weight excluding hydrogens is 226 g/mol. The van der Waals surface area contributed by atoms with Crippen LogP contribution in [0.1, 0.15) is 0 Å². The third kappa shape index (κ3) is 4.02. The summed E-state index contributed by atoms with van der Waals surface area (Å²) in [6.07, 6.45) is 0. The quantitative estimate of drug-likeness (QED) is 0.364. The Morgan fingerprint density at radius 3 is 3.07 bits per heavy atom. The Kier molecular flexibility index (Phi) is 4.16. The number of nitrogens with zero attached hydrogens (tertiary/aromatic N) is 1. The monoisotopic (exact) mass is 235 g/mol. The summed E-state index contributed by atoms with van der Waals surface area (Å²) in [5.74, 6) is 0.0149. The summed E-state index contributed by atoms with van der Waals surface area (Å²) in [6.45, 7) is -0.163. The Labute approximate surface area is 88.8 Å². The van der Waals surface area contributed by atoms with Gasteiger partial charge in [-0.05, 0) is 0 Å². The van der Waals surface area contributed by atoms with Crippen LogP contribution in [-0.4, -0.2) is 41.2 Å². The molecule has 9 heteroatoms. The summed E-state index contributed by atoms with van der Waals surface area (Å²) >= 11 is 1.03. The first-order valence-corrected chi connectivity index (χ1v) is 5.06. The lowest BCUT2D eigenvalue weighted by molar-refractivity contribution is -0.757. The van der Waals surface area contributed by atoms with E-state index < -0.39 is 11.1 Å². The van der Waals surface area contributed by atoms with Crippen LogP contribution in [-0.2, 0) is 9.63 Å². The number of amides is 2. The zero-order chi connectivity index (χ0) is 11.3. The number of carbonyl (C=O) groups excluding carboxylic acids is 2. The van der Waals surface area contributed by atoms with E-state index >= 15 is 0 Å². The fraction of sp³-hybridized carbons (Fsp3) is 0.667. The van der Waals surface area contributed by atoms with E-state index in [4.69, 9.17) is 0 Å². The van der Waals surface area contributed by atoms with Crippen molar-refractivity contribution in [2.24, 2.45) is 0 Å². The van der Waals surface area contributed by atoms with E-state index in [2.05, 4.69) is 15.5 Å². The second kappa shape index (κ2) is 5.39. The molecule has 0 saturated carbocycles. The summed E-state index contributed by atoms with van der Waals surface area (Å²) in [5.41, 5.74) is 0. The van der Waals surface area contributed by atoms with Gasteiger partial charge in [-0.3, -0.25) is 9.59 Å². The minimum atomic E-state index is -0.931. The molecular formula is C6H9N3O5S. The Hall–Kier alpha value is -1.51. The van der Waals surface area contributed by atoms with E-state index in [-0.39, 0.29) is 24.3 Å². The van der Waals surface area contributed by atoms with Gasteiger partial charge in [-0.1, -0.05) is 11.8 Å². The Morgan fingerprint density at radius 2 is 2.53 bits per heavy atom. The van der Waals surface area contributed by atoms with E-state index in [1.165, 1.54) is 0 Å². The van der Waals surface area contributed by atoms with Crippen molar-refractivity contribution in [1.82, 2.24) is 10.6 Å². The number of nitrogens with one attached hydrogen (secondary N) is 2. The minimum absolute atomic E-state index is 0.0385. The van der Waals surface area contributed by atoms with Gasteiger partial charge in [0.05, 0.1) is 0 Å². The van der Waals surface area contributed by atoms with Crippen molar-refractivity contribution in [1.29, 1.82) is 0 Å². The van der Waals surface area contributed by atoms with Crippen molar-refractivity contribution >= 4 is 22.9 Å². The third-order valence-electron chi connectivity index (χ3n) is 1.59. The predicted octanol–water partition coefficient (Wildman–Crippen LogP) is -0.864. The molecule has 1 atom stereocenters. The van der Waals surface area contributed by atoms with Crippen LogP contribution in [0.5, 0.6) is 0 Å². The normalized spacial score (nSPS) is 19.5. The second-order valence-corrected chi connectivity index (χ2v) is 3.64. The highest BCUT2D eigenvalue weighted by atomic mass is 32.2. The predicted molar refractivity (Wildman–Crippen MR) is 50.7 cm³/mol. The topological polar surface area (TPSA) is 111 Å². The molecule has 0 aliphatic carbocycles. The first kappa shape index (κ1) is 11.6. The van der Waals surface area contributed by atoms with Crippen LogP contribution in [0.15, 0.2) is 0 Å². The summed E-state index contributed by atoms with van der Waals surface area (Å²) in [6, 6.07) is -0.557. The molecule has 84 valence electrons. The maximum atomic E-state index is 11.3. The maximum absolute atomic E-state index is 11.3.